The molecule has 2 atom stereocenters. The molecular weight excluding hydrogens is 370 g/mol. The van der Waals surface area contributed by atoms with Crippen molar-refractivity contribution < 1.29 is 38.1 Å². The number of aliphatic imine (C=N–C) groups is 1. The molecule has 2 heterocycles. The van der Waals surface area contributed by atoms with Crippen LogP contribution in [0, 0.1) is 5.92 Å². The van der Waals surface area contributed by atoms with Crippen LogP contribution in [-0.4, -0.2) is 54.9 Å². The summed E-state index contributed by atoms with van der Waals surface area (Å²) in [6.07, 6.45) is 1.13. The molecule has 2 unspecified atom stereocenters. The number of cyclic esters (lactones) is 1. The van der Waals surface area contributed by atoms with E-state index in [1.54, 1.807) is 20.8 Å². The van der Waals surface area contributed by atoms with Crippen LogP contribution < -0.4 is 0 Å². The molecule has 28 heavy (non-hydrogen) atoms. The first-order chi connectivity index (χ1) is 12.9. The molecule has 2 rings (SSSR count). The van der Waals surface area contributed by atoms with Crippen molar-refractivity contribution in [2.75, 3.05) is 14.2 Å². The van der Waals surface area contributed by atoms with Crippen LogP contribution in [-0.2, 0) is 38.1 Å². The lowest BCUT2D eigenvalue weighted by Crippen LogP contribution is -2.49. The second kappa shape index (κ2) is 7.21. The Labute approximate surface area is 162 Å². The van der Waals surface area contributed by atoms with Gasteiger partial charge in [-0.3, -0.25) is 9.59 Å². The summed E-state index contributed by atoms with van der Waals surface area (Å²) in [5.41, 5.74) is -3.19. The van der Waals surface area contributed by atoms with Crippen molar-refractivity contribution in [3.63, 3.8) is 0 Å². The monoisotopic (exact) mass is 393 g/mol. The minimum Gasteiger partial charge on any atom is -0.466 e. The summed E-state index contributed by atoms with van der Waals surface area (Å²) < 4.78 is 20.5. The molecule has 0 bridgehead atoms. The largest absolute Gasteiger partial charge is 0.466 e. The van der Waals surface area contributed by atoms with Gasteiger partial charge in [0.25, 0.3) is 0 Å². The molecule has 0 aliphatic carbocycles. The van der Waals surface area contributed by atoms with E-state index in [-0.39, 0.29) is 22.8 Å². The molecule has 9 heteroatoms. The highest BCUT2D eigenvalue weighted by Crippen LogP contribution is 2.43. The van der Waals surface area contributed by atoms with Crippen molar-refractivity contribution in [2.45, 2.75) is 45.8 Å². The van der Waals surface area contributed by atoms with Gasteiger partial charge in [0.05, 0.1) is 19.8 Å². The topological polar surface area (TPSA) is 118 Å². The van der Waals surface area contributed by atoms with Crippen LogP contribution in [0.1, 0.15) is 34.6 Å². The predicted octanol–water partition coefficient (Wildman–Crippen LogP) is 1.26. The van der Waals surface area contributed by atoms with Gasteiger partial charge in [-0.15, -0.1) is 0 Å². The number of ketones is 1. The van der Waals surface area contributed by atoms with Crippen molar-refractivity contribution in [2.24, 2.45) is 10.9 Å². The second-order valence-corrected chi connectivity index (χ2v) is 7.54. The molecule has 0 fully saturated rings. The number of ether oxygens (including phenoxy) is 4. The smallest absolute Gasteiger partial charge is 0.344 e. The van der Waals surface area contributed by atoms with Gasteiger partial charge in [-0.2, -0.15) is 0 Å². The Balaban J connectivity index is 2.80. The molecule has 0 amide bonds. The molecule has 0 saturated heterocycles. The number of carbonyl (C=O) groups is 4. The fourth-order valence-electron chi connectivity index (χ4n) is 3.09. The summed E-state index contributed by atoms with van der Waals surface area (Å²) in [7, 11) is 2.23. The zero-order chi connectivity index (χ0) is 21.4. The third-order valence-corrected chi connectivity index (χ3v) is 4.16. The molecule has 152 valence electrons. The van der Waals surface area contributed by atoms with Gasteiger partial charge in [-0.25, -0.2) is 14.6 Å². The molecule has 9 nitrogen and oxygen atoms in total. The van der Waals surface area contributed by atoms with Crippen LogP contribution in [0.4, 0.5) is 0 Å². The molecular formula is C19H23NO8. The van der Waals surface area contributed by atoms with Gasteiger partial charge in [0.2, 0.25) is 5.90 Å². The number of hydrogen-bond donors (Lipinski definition) is 0. The van der Waals surface area contributed by atoms with Crippen LogP contribution in [0.5, 0.6) is 0 Å². The van der Waals surface area contributed by atoms with Gasteiger partial charge in [-0.05, 0) is 34.6 Å². The van der Waals surface area contributed by atoms with Gasteiger partial charge >= 0.3 is 17.9 Å². The Morgan fingerprint density at radius 3 is 2.18 bits per heavy atom. The number of nitrogens with zero attached hydrogens (tertiary/aromatic N) is 1. The normalized spacial score (nSPS) is 26.6. The maximum absolute atomic E-state index is 12.6. The molecule has 2 aliphatic rings. The molecule has 2 aliphatic heterocycles. The fraction of sp³-hybridized carbons (Fsp3) is 0.526. The van der Waals surface area contributed by atoms with Crippen LogP contribution in [0.25, 0.3) is 0 Å². The number of esters is 3. The van der Waals surface area contributed by atoms with Gasteiger partial charge in [0.1, 0.15) is 16.9 Å². The van der Waals surface area contributed by atoms with Crippen molar-refractivity contribution in [1.29, 1.82) is 0 Å². The quantitative estimate of drug-likeness (QED) is 0.400. The van der Waals surface area contributed by atoms with E-state index < -0.39 is 40.7 Å². The van der Waals surface area contributed by atoms with E-state index in [9.17, 15) is 19.2 Å². The highest BCUT2D eigenvalue weighted by molar-refractivity contribution is 6.25. The Morgan fingerprint density at radius 2 is 1.71 bits per heavy atom. The van der Waals surface area contributed by atoms with Crippen LogP contribution in [0.15, 0.2) is 28.0 Å². The highest BCUT2D eigenvalue weighted by Gasteiger charge is 2.59. The van der Waals surface area contributed by atoms with E-state index in [1.165, 1.54) is 13.8 Å². The molecule has 0 aromatic rings. The molecule has 0 saturated carbocycles. The van der Waals surface area contributed by atoms with E-state index in [0.29, 0.717) is 0 Å². The van der Waals surface area contributed by atoms with Crippen molar-refractivity contribution in [1.82, 2.24) is 0 Å². The van der Waals surface area contributed by atoms with Gasteiger partial charge in [0, 0.05) is 6.08 Å². The predicted molar refractivity (Wildman–Crippen MR) is 96.1 cm³/mol. The van der Waals surface area contributed by atoms with E-state index in [4.69, 9.17) is 18.9 Å². The molecule has 0 spiro atoms. The third-order valence-electron chi connectivity index (χ3n) is 4.16. The minimum absolute atomic E-state index is 0.119. The average Bonchev–Trinajstić information content (AvgIpc) is 2.83. The lowest BCUT2D eigenvalue weighted by molar-refractivity contribution is -0.157. The summed E-state index contributed by atoms with van der Waals surface area (Å²) in [4.78, 5) is 54.5. The van der Waals surface area contributed by atoms with E-state index in [1.807, 2.05) is 0 Å². The Bertz CT molecular complexity index is 842. The first-order valence-corrected chi connectivity index (χ1v) is 8.50. The zero-order valence-corrected chi connectivity index (χ0v) is 16.9. The number of allylic oxidation sites excluding steroid dienone is 2. The van der Waals surface area contributed by atoms with E-state index in [0.717, 1.165) is 20.3 Å². The average molecular weight is 393 g/mol. The molecule has 0 N–H and O–H groups in total. The summed E-state index contributed by atoms with van der Waals surface area (Å²) in [5.74, 6) is -5.02. The van der Waals surface area contributed by atoms with Gasteiger partial charge in [0.15, 0.2) is 17.3 Å². The molecule has 0 radical (unpaired) electrons. The lowest BCUT2D eigenvalue weighted by atomic mass is 9.78. The summed E-state index contributed by atoms with van der Waals surface area (Å²) in [6.45, 7) is 8.03. The fourth-order valence-corrected chi connectivity index (χ4v) is 3.09. The number of rotatable bonds is 3. The highest BCUT2D eigenvalue weighted by atomic mass is 16.6. The first-order valence-electron chi connectivity index (χ1n) is 8.50. The first kappa shape index (κ1) is 21.3. The molecule has 0 aromatic heterocycles. The summed E-state index contributed by atoms with van der Waals surface area (Å²) in [5, 5.41) is 0. The third kappa shape index (κ3) is 3.69. The van der Waals surface area contributed by atoms with Gasteiger partial charge < -0.3 is 18.9 Å². The SMILES string of the molecule is COC(=O)C1=C(C(=O)OC)C(C)(C2C(=O)C=C(C)OC2=O)OC1=NC(C)(C)C. The van der Waals surface area contributed by atoms with Crippen LogP contribution in [0.2, 0.25) is 0 Å². The van der Waals surface area contributed by atoms with E-state index >= 15 is 0 Å². The van der Waals surface area contributed by atoms with Crippen molar-refractivity contribution >= 4 is 29.6 Å². The van der Waals surface area contributed by atoms with Crippen molar-refractivity contribution in [3.8, 4) is 0 Å². The van der Waals surface area contributed by atoms with Gasteiger partial charge in [-0.1, -0.05) is 0 Å². The maximum atomic E-state index is 12.6. The Morgan fingerprint density at radius 1 is 1.14 bits per heavy atom. The Hall–Kier alpha value is -2.97. The lowest BCUT2D eigenvalue weighted by Gasteiger charge is -2.33. The second-order valence-electron chi connectivity index (χ2n) is 7.54. The standard InChI is InChI=1S/C19H23NO8/c1-9-8-10(21)12(17(24)27-9)19(5)13(16(23)26-7)11(15(22)25-6)14(28-19)20-18(2,3)4/h8,12H,1-7H3. The zero-order valence-electron chi connectivity index (χ0n) is 16.9. The minimum atomic E-state index is -1.87. The summed E-state index contributed by atoms with van der Waals surface area (Å²) >= 11 is 0. The summed E-state index contributed by atoms with van der Waals surface area (Å²) in [6, 6.07) is 0. The van der Waals surface area contributed by atoms with Crippen molar-refractivity contribution in [3.05, 3.63) is 23.0 Å². The number of methoxy groups -OCH3 is 2. The molecule has 0 aromatic carbocycles. The number of hydrogen-bond acceptors (Lipinski definition) is 9. The Kier molecular flexibility index (Phi) is 5.50. The van der Waals surface area contributed by atoms with Crippen LogP contribution >= 0.6 is 0 Å². The van der Waals surface area contributed by atoms with E-state index in [2.05, 4.69) is 4.99 Å². The van der Waals surface area contributed by atoms with Crippen LogP contribution in [0.3, 0.4) is 0 Å². The maximum Gasteiger partial charge on any atom is 0.344 e. The number of carbonyl (C=O) groups excluding carboxylic acids is 4.